The normalized spacial score (nSPS) is 10.0. The molecule has 7 heteroatoms. The highest BCUT2D eigenvalue weighted by Crippen LogP contribution is 2.22. The summed E-state index contributed by atoms with van der Waals surface area (Å²) in [4.78, 5) is 27.4. The molecule has 5 nitrogen and oxygen atoms in total. The summed E-state index contributed by atoms with van der Waals surface area (Å²) in [6, 6.07) is 4.55. The topological polar surface area (TPSA) is 68.3 Å². The monoisotopic (exact) mass is 296 g/mol. The number of aromatic nitrogens is 1. The van der Waals surface area contributed by atoms with Gasteiger partial charge in [-0.15, -0.1) is 11.3 Å². The van der Waals surface area contributed by atoms with Crippen LogP contribution < -0.4 is 5.32 Å². The number of anilines is 1. The van der Waals surface area contributed by atoms with Gasteiger partial charge in [-0.2, -0.15) is 0 Å². The number of hydrogen-bond acceptors (Lipinski definition) is 5. The number of carbonyl (C=O) groups is 2. The number of amides is 1. The van der Waals surface area contributed by atoms with Crippen LogP contribution in [-0.2, 0) is 4.74 Å². The molecular weight excluding hydrogens is 288 g/mol. The van der Waals surface area contributed by atoms with Gasteiger partial charge in [0.1, 0.15) is 5.69 Å². The van der Waals surface area contributed by atoms with Gasteiger partial charge in [0.15, 0.2) is 0 Å². The molecule has 1 amide bonds. The molecule has 0 saturated carbocycles. The Morgan fingerprint density at radius 2 is 2.21 bits per heavy atom. The lowest BCUT2D eigenvalue weighted by atomic mass is 10.1. The second-order valence-corrected chi connectivity index (χ2v) is 4.66. The van der Waals surface area contributed by atoms with Crippen LogP contribution in [0.1, 0.15) is 20.8 Å². The minimum absolute atomic E-state index is 0.193. The zero-order valence-corrected chi connectivity index (χ0v) is 11.4. The van der Waals surface area contributed by atoms with E-state index < -0.39 is 11.9 Å². The lowest BCUT2D eigenvalue weighted by Crippen LogP contribution is -2.15. The van der Waals surface area contributed by atoms with E-state index in [0.29, 0.717) is 10.7 Å². The molecule has 1 aromatic heterocycles. The van der Waals surface area contributed by atoms with E-state index >= 15 is 0 Å². The van der Waals surface area contributed by atoms with E-state index in [1.54, 1.807) is 23.0 Å². The maximum atomic E-state index is 11.9. The summed E-state index contributed by atoms with van der Waals surface area (Å²) in [5, 5.41) is 4.60. The highest BCUT2D eigenvalue weighted by Gasteiger charge is 2.16. The first-order valence-electron chi connectivity index (χ1n) is 5.19. The summed E-state index contributed by atoms with van der Waals surface area (Å²) >= 11 is 7.13. The largest absolute Gasteiger partial charge is 0.465 e. The number of nitrogens with zero attached hydrogens (tertiary/aromatic N) is 1. The van der Waals surface area contributed by atoms with Gasteiger partial charge >= 0.3 is 5.97 Å². The Bertz CT molecular complexity index is 613. The quantitative estimate of drug-likeness (QED) is 0.884. The molecule has 0 fully saturated rings. The van der Waals surface area contributed by atoms with Gasteiger partial charge in [0.25, 0.3) is 5.91 Å². The average Bonchev–Trinajstić information content (AvgIpc) is 2.94. The predicted octanol–water partition coefficient (Wildman–Crippen LogP) is 2.84. The highest BCUT2D eigenvalue weighted by atomic mass is 35.5. The Balaban J connectivity index is 2.29. The summed E-state index contributed by atoms with van der Waals surface area (Å²) in [6.45, 7) is 0. The van der Waals surface area contributed by atoms with E-state index in [0.717, 1.165) is 0 Å². The summed E-state index contributed by atoms with van der Waals surface area (Å²) < 4.78 is 4.64. The number of nitrogens with one attached hydrogen (secondary N) is 1. The Hall–Kier alpha value is -1.92. The first kappa shape index (κ1) is 13.5. The van der Waals surface area contributed by atoms with Crippen molar-refractivity contribution in [3.05, 3.63) is 45.4 Å². The second-order valence-electron chi connectivity index (χ2n) is 3.51. The number of methoxy groups -OCH3 is 1. The molecule has 0 saturated heterocycles. The van der Waals surface area contributed by atoms with Crippen LogP contribution in [0.3, 0.4) is 0 Å². The lowest BCUT2D eigenvalue weighted by Gasteiger charge is -2.09. The molecule has 0 bridgehead atoms. The van der Waals surface area contributed by atoms with Crippen LogP contribution in [0.4, 0.5) is 5.69 Å². The average molecular weight is 297 g/mol. The molecule has 2 rings (SSSR count). The number of hydrogen-bond donors (Lipinski definition) is 1. The third-order valence-electron chi connectivity index (χ3n) is 2.30. The zero-order valence-electron chi connectivity index (χ0n) is 9.84. The third kappa shape index (κ3) is 3.10. The molecule has 19 heavy (non-hydrogen) atoms. The second kappa shape index (κ2) is 5.81. The van der Waals surface area contributed by atoms with Gasteiger partial charge in [-0.05, 0) is 18.2 Å². The van der Waals surface area contributed by atoms with Crippen molar-refractivity contribution >= 4 is 40.5 Å². The molecule has 1 heterocycles. The van der Waals surface area contributed by atoms with Crippen LogP contribution in [0.15, 0.2) is 29.1 Å². The standard InChI is InChI=1S/C12H9ClN2O3S/c1-18-12(17)8-4-7(13)2-3-9(8)15-11(16)10-5-19-6-14-10/h2-6H,1H3,(H,15,16). The van der Waals surface area contributed by atoms with Gasteiger partial charge in [-0.1, -0.05) is 11.6 Å². The smallest absolute Gasteiger partial charge is 0.340 e. The Morgan fingerprint density at radius 1 is 1.42 bits per heavy atom. The summed E-state index contributed by atoms with van der Waals surface area (Å²) in [5.74, 6) is -0.968. The van der Waals surface area contributed by atoms with E-state index in [-0.39, 0.29) is 11.3 Å². The molecule has 0 unspecified atom stereocenters. The van der Waals surface area contributed by atoms with E-state index in [4.69, 9.17) is 11.6 Å². The van der Waals surface area contributed by atoms with E-state index in [1.165, 1.54) is 24.5 Å². The van der Waals surface area contributed by atoms with Crippen molar-refractivity contribution in [1.82, 2.24) is 4.98 Å². The molecule has 1 N–H and O–H groups in total. The van der Waals surface area contributed by atoms with E-state index in [9.17, 15) is 9.59 Å². The Kier molecular flexibility index (Phi) is 4.13. The van der Waals surface area contributed by atoms with E-state index in [2.05, 4.69) is 15.0 Å². The third-order valence-corrected chi connectivity index (χ3v) is 3.12. The van der Waals surface area contributed by atoms with Crippen molar-refractivity contribution in [3.63, 3.8) is 0 Å². The van der Waals surface area contributed by atoms with Crippen LogP contribution in [0.25, 0.3) is 0 Å². The number of benzene rings is 1. The summed E-state index contributed by atoms with van der Waals surface area (Å²) in [7, 11) is 1.26. The molecule has 1 aromatic carbocycles. The fourth-order valence-corrected chi connectivity index (χ4v) is 2.12. The Morgan fingerprint density at radius 3 is 2.84 bits per heavy atom. The summed E-state index contributed by atoms with van der Waals surface area (Å²) in [6.07, 6.45) is 0. The number of rotatable bonds is 3. The highest BCUT2D eigenvalue weighted by molar-refractivity contribution is 7.07. The molecule has 0 aliphatic rings. The van der Waals surface area contributed by atoms with Crippen LogP contribution in [-0.4, -0.2) is 24.0 Å². The number of halogens is 1. The van der Waals surface area contributed by atoms with Crippen molar-refractivity contribution in [3.8, 4) is 0 Å². The molecular formula is C12H9ClN2O3S. The molecule has 98 valence electrons. The van der Waals surface area contributed by atoms with Crippen molar-refractivity contribution in [1.29, 1.82) is 0 Å². The molecule has 0 spiro atoms. The van der Waals surface area contributed by atoms with Gasteiger partial charge in [-0.25, -0.2) is 9.78 Å². The van der Waals surface area contributed by atoms with Crippen LogP contribution >= 0.6 is 22.9 Å². The van der Waals surface area contributed by atoms with Crippen molar-refractivity contribution < 1.29 is 14.3 Å². The van der Waals surface area contributed by atoms with Crippen molar-refractivity contribution in [2.75, 3.05) is 12.4 Å². The first-order valence-corrected chi connectivity index (χ1v) is 6.51. The fourth-order valence-electron chi connectivity index (χ4n) is 1.42. The molecule has 0 aliphatic heterocycles. The van der Waals surface area contributed by atoms with Crippen molar-refractivity contribution in [2.45, 2.75) is 0 Å². The minimum atomic E-state index is -0.573. The van der Waals surface area contributed by atoms with Gasteiger partial charge < -0.3 is 10.1 Å². The van der Waals surface area contributed by atoms with E-state index in [1.807, 2.05) is 0 Å². The minimum Gasteiger partial charge on any atom is -0.465 e. The molecule has 0 radical (unpaired) electrons. The van der Waals surface area contributed by atoms with Gasteiger partial charge in [0.2, 0.25) is 0 Å². The SMILES string of the molecule is COC(=O)c1cc(Cl)ccc1NC(=O)c1cscn1. The molecule has 0 aliphatic carbocycles. The van der Waals surface area contributed by atoms with Gasteiger partial charge in [-0.3, -0.25) is 4.79 Å². The zero-order chi connectivity index (χ0) is 13.8. The van der Waals surface area contributed by atoms with Crippen LogP contribution in [0.5, 0.6) is 0 Å². The van der Waals surface area contributed by atoms with Crippen LogP contribution in [0.2, 0.25) is 5.02 Å². The first-order chi connectivity index (χ1) is 9.11. The predicted molar refractivity (Wildman–Crippen MR) is 72.9 cm³/mol. The summed E-state index contributed by atoms with van der Waals surface area (Å²) in [5.41, 5.74) is 2.36. The molecule has 0 atom stereocenters. The maximum absolute atomic E-state index is 11.9. The van der Waals surface area contributed by atoms with Crippen molar-refractivity contribution in [2.24, 2.45) is 0 Å². The lowest BCUT2D eigenvalue weighted by molar-refractivity contribution is 0.0602. The Labute approximate surface area is 118 Å². The van der Waals surface area contributed by atoms with Gasteiger partial charge in [0, 0.05) is 10.4 Å². The van der Waals surface area contributed by atoms with Crippen LogP contribution in [0, 0.1) is 0 Å². The maximum Gasteiger partial charge on any atom is 0.340 e. The molecule has 2 aromatic rings. The number of thiazole rings is 1. The number of ether oxygens (including phenoxy) is 1. The van der Waals surface area contributed by atoms with Gasteiger partial charge in [0.05, 0.1) is 23.9 Å². The number of carbonyl (C=O) groups excluding carboxylic acids is 2. The fraction of sp³-hybridized carbons (Fsp3) is 0.0833. The number of esters is 1.